The van der Waals surface area contributed by atoms with Crippen LogP contribution in [0, 0.1) is 0 Å². The van der Waals surface area contributed by atoms with Crippen LogP contribution in [0.5, 0.6) is 0 Å². The Morgan fingerprint density at radius 1 is 1.20 bits per heavy atom. The van der Waals surface area contributed by atoms with Gasteiger partial charge in [-0.1, -0.05) is 6.92 Å². The van der Waals surface area contributed by atoms with Gasteiger partial charge in [0, 0.05) is 17.9 Å². The van der Waals surface area contributed by atoms with Gasteiger partial charge in [0.2, 0.25) is 0 Å². The lowest BCUT2D eigenvalue weighted by Gasteiger charge is -2.06. The number of aromatic nitrogens is 2. The number of sulfone groups is 1. The van der Waals surface area contributed by atoms with Gasteiger partial charge in [-0.3, -0.25) is 4.68 Å². The van der Waals surface area contributed by atoms with Crippen molar-refractivity contribution in [2.45, 2.75) is 31.7 Å². The van der Waals surface area contributed by atoms with E-state index in [0.29, 0.717) is 10.9 Å². The van der Waals surface area contributed by atoms with Crippen molar-refractivity contribution in [3.05, 3.63) is 36.7 Å². The van der Waals surface area contributed by atoms with E-state index in [1.54, 1.807) is 37.4 Å². The van der Waals surface area contributed by atoms with E-state index in [0.717, 1.165) is 11.4 Å². The second kappa shape index (κ2) is 5.66. The molecule has 0 atom stereocenters. The number of hydrogen-bond acceptors (Lipinski definition) is 4. The fourth-order valence-electron chi connectivity index (χ4n) is 1.76. The molecule has 0 bridgehead atoms. The maximum Gasteiger partial charge on any atom is 0.178 e. The third-order valence-electron chi connectivity index (χ3n) is 3.01. The second-order valence-electron chi connectivity index (χ2n) is 4.86. The van der Waals surface area contributed by atoms with E-state index in [1.807, 2.05) is 10.9 Å². The Kier molecular flexibility index (Phi) is 4.13. The summed E-state index contributed by atoms with van der Waals surface area (Å²) in [7, 11) is -3.14. The number of hydrogen-bond donors (Lipinski definition) is 1. The fraction of sp³-hybridized carbons (Fsp3) is 0.357. The molecule has 6 heteroatoms. The second-order valence-corrected chi connectivity index (χ2v) is 7.13. The molecule has 0 saturated heterocycles. The molecule has 1 heterocycles. The Balaban J connectivity index is 2.14. The van der Waals surface area contributed by atoms with E-state index in [2.05, 4.69) is 24.3 Å². The predicted molar refractivity (Wildman–Crippen MR) is 80.1 cm³/mol. The van der Waals surface area contributed by atoms with Crippen LogP contribution in [0.3, 0.4) is 0 Å². The third kappa shape index (κ3) is 3.19. The Hall–Kier alpha value is -1.82. The minimum Gasteiger partial charge on any atom is -0.353 e. The summed E-state index contributed by atoms with van der Waals surface area (Å²) in [4.78, 5) is 0.350. The molecule has 0 aliphatic heterocycles. The van der Waals surface area contributed by atoms with E-state index in [-0.39, 0.29) is 5.75 Å². The van der Waals surface area contributed by atoms with Gasteiger partial charge >= 0.3 is 0 Å². The summed E-state index contributed by atoms with van der Waals surface area (Å²) in [6.45, 7) is 5.75. The summed E-state index contributed by atoms with van der Waals surface area (Å²) in [6, 6.07) is 7.06. The lowest BCUT2D eigenvalue weighted by atomic mass is 10.3. The van der Waals surface area contributed by atoms with Crippen LogP contribution >= 0.6 is 0 Å². The van der Waals surface area contributed by atoms with Gasteiger partial charge in [-0.2, -0.15) is 5.10 Å². The maximum absolute atomic E-state index is 11.7. The molecule has 0 spiro atoms. The standard InChI is InChI=1S/C14H19N3O2S/c1-4-20(18,19)14-7-5-12(6-8-14)16-13-9-15-17(10-13)11(2)3/h5-11,16H,4H2,1-3H3. The molecular weight excluding hydrogens is 274 g/mol. The van der Waals surface area contributed by atoms with Crippen LogP contribution in [0.1, 0.15) is 26.8 Å². The van der Waals surface area contributed by atoms with Crippen molar-refractivity contribution in [1.82, 2.24) is 9.78 Å². The van der Waals surface area contributed by atoms with Gasteiger partial charge in [-0.15, -0.1) is 0 Å². The zero-order valence-corrected chi connectivity index (χ0v) is 12.7. The Morgan fingerprint density at radius 3 is 2.35 bits per heavy atom. The van der Waals surface area contributed by atoms with Crippen molar-refractivity contribution in [3.63, 3.8) is 0 Å². The number of anilines is 2. The van der Waals surface area contributed by atoms with Crippen molar-refractivity contribution < 1.29 is 8.42 Å². The van der Waals surface area contributed by atoms with E-state index < -0.39 is 9.84 Å². The molecule has 0 aliphatic rings. The molecule has 1 aromatic carbocycles. The number of nitrogens with zero attached hydrogens (tertiary/aromatic N) is 2. The Labute approximate surface area is 119 Å². The Bertz CT molecular complexity index is 673. The molecule has 5 nitrogen and oxygen atoms in total. The zero-order valence-electron chi connectivity index (χ0n) is 11.9. The molecule has 0 aliphatic carbocycles. The van der Waals surface area contributed by atoms with Crippen molar-refractivity contribution >= 4 is 21.2 Å². The normalized spacial score (nSPS) is 11.8. The maximum atomic E-state index is 11.7. The van der Waals surface area contributed by atoms with Gasteiger partial charge in [-0.05, 0) is 38.1 Å². The average Bonchev–Trinajstić information content (AvgIpc) is 2.88. The monoisotopic (exact) mass is 293 g/mol. The van der Waals surface area contributed by atoms with Crippen LogP contribution in [0.25, 0.3) is 0 Å². The minimum atomic E-state index is -3.14. The first kappa shape index (κ1) is 14.6. The summed E-state index contributed by atoms with van der Waals surface area (Å²) < 4.78 is 25.3. The topological polar surface area (TPSA) is 64.0 Å². The summed E-state index contributed by atoms with van der Waals surface area (Å²) in [5.41, 5.74) is 1.72. The minimum absolute atomic E-state index is 0.112. The molecule has 108 valence electrons. The van der Waals surface area contributed by atoms with Gasteiger partial charge in [0.25, 0.3) is 0 Å². The molecule has 2 aromatic rings. The smallest absolute Gasteiger partial charge is 0.178 e. The number of rotatable bonds is 5. The van der Waals surface area contributed by atoms with Crippen LogP contribution in [-0.2, 0) is 9.84 Å². The van der Waals surface area contributed by atoms with Crippen molar-refractivity contribution in [2.24, 2.45) is 0 Å². The lowest BCUT2D eigenvalue weighted by molar-refractivity contribution is 0.532. The van der Waals surface area contributed by atoms with E-state index in [1.165, 1.54) is 0 Å². The summed E-state index contributed by atoms with van der Waals surface area (Å²) in [5, 5.41) is 7.44. The SMILES string of the molecule is CCS(=O)(=O)c1ccc(Nc2cnn(C(C)C)c2)cc1. The average molecular weight is 293 g/mol. The van der Waals surface area contributed by atoms with Crippen molar-refractivity contribution in [1.29, 1.82) is 0 Å². The van der Waals surface area contributed by atoms with Crippen molar-refractivity contribution in [2.75, 3.05) is 11.1 Å². The molecule has 1 N–H and O–H groups in total. The lowest BCUT2D eigenvalue weighted by Crippen LogP contribution is -2.03. The quantitative estimate of drug-likeness (QED) is 0.920. The molecule has 2 rings (SSSR count). The van der Waals surface area contributed by atoms with Crippen LogP contribution in [-0.4, -0.2) is 24.0 Å². The predicted octanol–water partition coefficient (Wildman–Crippen LogP) is 3.00. The van der Waals surface area contributed by atoms with Gasteiger partial charge in [0.1, 0.15) is 0 Å². The van der Waals surface area contributed by atoms with Gasteiger partial charge in [-0.25, -0.2) is 8.42 Å². The number of benzene rings is 1. The molecular formula is C14H19N3O2S. The summed E-state index contributed by atoms with van der Waals surface area (Å²) in [5.74, 6) is 0.112. The Morgan fingerprint density at radius 2 is 1.85 bits per heavy atom. The van der Waals surface area contributed by atoms with E-state index in [9.17, 15) is 8.42 Å². The van der Waals surface area contributed by atoms with Crippen LogP contribution in [0.4, 0.5) is 11.4 Å². The van der Waals surface area contributed by atoms with E-state index >= 15 is 0 Å². The van der Waals surface area contributed by atoms with E-state index in [4.69, 9.17) is 0 Å². The first-order valence-corrected chi connectivity index (χ1v) is 8.21. The summed E-state index contributed by atoms with van der Waals surface area (Å²) >= 11 is 0. The highest BCUT2D eigenvalue weighted by atomic mass is 32.2. The molecule has 0 radical (unpaired) electrons. The highest BCUT2D eigenvalue weighted by molar-refractivity contribution is 7.91. The van der Waals surface area contributed by atoms with Crippen molar-refractivity contribution in [3.8, 4) is 0 Å². The largest absolute Gasteiger partial charge is 0.353 e. The first-order chi connectivity index (χ1) is 9.42. The zero-order chi connectivity index (χ0) is 14.8. The highest BCUT2D eigenvalue weighted by Gasteiger charge is 2.10. The molecule has 0 amide bonds. The van der Waals surface area contributed by atoms with Crippen LogP contribution < -0.4 is 5.32 Å². The van der Waals surface area contributed by atoms with Gasteiger partial charge in [0.05, 0.1) is 22.5 Å². The third-order valence-corrected chi connectivity index (χ3v) is 4.76. The molecule has 0 fully saturated rings. The van der Waals surface area contributed by atoms with Crippen LogP contribution in [0.2, 0.25) is 0 Å². The first-order valence-electron chi connectivity index (χ1n) is 6.56. The molecule has 1 aromatic heterocycles. The number of nitrogens with one attached hydrogen (secondary N) is 1. The molecule has 0 saturated carbocycles. The molecule has 20 heavy (non-hydrogen) atoms. The summed E-state index contributed by atoms with van der Waals surface area (Å²) in [6.07, 6.45) is 3.66. The molecule has 0 unspecified atom stereocenters. The highest BCUT2D eigenvalue weighted by Crippen LogP contribution is 2.20. The van der Waals surface area contributed by atoms with Gasteiger partial charge in [0.15, 0.2) is 9.84 Å². The fourth-order valence-corrected chi connectivity index (χ4v) is 2.65. The van der Waals surface area contributed by atoms with Crippen LogP contribution in [0.15, 0.2) is 41.6 Å². The van der Waals surface area contributed by atoms with Gasteiger partial charge < -0.3 is 5.32 Å².